The molecule has 3 aromatic heterocycles. The van der Waals surface area contributed by atoms with E-state index >= 15 is 4.79 Å². The molecule has 0 radical (unpaired) electrons. The molecule has 0 saturated carbocycles. The fraction of sp³-hybridized carbons (Fsp3) is 0. The van der Waals surface area contributed by atoms with Crippen molar-refractivity contribution in [2.24, 2.45) is 0 Å². The first-order valence-electron chi connectivity index (χ1n) is 18.8. The number of benzene rings is 8. The van der Waals surface area contributed by atoms with Crippen LogP contribution in [-0.2, 0) is 0 Å². The molecule has 0 spiro atoms. The van der Waals surface area contributed by atoms with Crippen molar-refractivity contribution < 1.29 is 0 Å². The number of aromatic nitrogens is 3. The number of nitrogens with zero attached hydrogens (tertiary/aromatic N) is 5. The molecule has 8 aromatic carbocycles. The van der Waals surface area contributed by atoms with Gasteiger partial charge in [0, 0.05) is 44.0 Å². The number of fused-ring (bicyclic) bond motifs is 9. The Bertz CT molecular complexity index is 3580. The minimum absolute atomic E-state index is 0.140. The standard InChI is InChI=1S/C51H29N5O/c52-30-32-22-33(31-53)24-38(23-32)55-47-21-10-8-18-39(47)42-26-41-44-27-43-40-19-7-9-20-46(40)54(37-17-11-14-35(25-37)34-12-3-1-4-13-34)49(43)29-50(44)56(36-15-5-2-6-16-36)51(57)45(41)28-48(42)55/h1-29H. The molecule has 11 aromatic rings. The summed E-state index contributed by atoms with van der Waals surface area (Å²) in [7, 11) is 0. The first-order valence-corrected chi connectivity index (χ1v) is 18.8. The topological polar surface area (TPSA) is 79.4 Å². The molecular formula is C51H29N5O. The van der Waals surface area contributed by atoms with Crippen molar-refractivity contribution in [1.82, 2.24) is 13.7 Å². The largest absolute Gasteiger partial charge is 0.309 e. The quantitative estimate of drug-likeness (QED) is 0.169. The van der Waals surface area contributed by atoms with Gasteiger partial charge in [-0.3, -0.25) is 9.36 Å². The molecule has 0 fully saturated rings. The third kappa shape index (κ3) is 4.85. The molecule has 0 amide bonds. The molecule has 0 unspecified atom stereocenters. The van der Waals surface area contributed by atoms with E-state index in [1.54, 1.807) is 18.2 Å². The summed E-state index contributed by atoms with van der Waals surface area (Å²) in [6, 6.07) is 63.6. The van der Waals surface area contributed by atoms with Crippen LogP contribution in [0.5, 0.6) is 0 Å². The maximum absolute atomic E-state index is 15.2. The fourth-order valence-electron chi connectivity index (χ4n) is 8.76. The van der Waals surface area contributed by atoms with E-state index < -0.39 is 0 Å². The number of hydrogen-bond donors (Lipinski definition) is 0. The molecular weight excluding hydrogens is 699 g/mol. The van der Waals surface area contributed by atoms with Crippen LogP contribution in [0.4, 0.5) is 0 Å². The van der Waals surface area contributed by atoms with E-state index in [0.29, 0.717) is 22.2 Å². The molecule has 264 valence electrons. The zero-order valence-corrected chi connectivity index (χ0v) is 30.4. The van der Waals surface area contributed by atoms with E-state index in [-0.39, 0.29) is 5.56 Å². The van der Waals surface area contributed by atoms with Crippen molar-refractivity contribution >= 4 is 65.3 Å². The SMILES string of the molecule is N#Cc1cc(C#N)cc(-n2c3ccccc3c3cc4c(cc32)c(=O)n(-c2ccccc2)c2cc3c(cc42)c2ccccc2n3-c2cccc(-c3ccccc3)c2)c1. The molecule has 0 bridgehead atoms. The highest BCUT2D eigenvalue weighted by Gasteiger charge is 2.21. The average molecular weight is 728 g/mol. The van der Waals surface area contributed by atoms with Crippen molar-refractivity contribution in [2.45, 2.75) is 0 Å². The van der Waals surface area contributed by atoms with E-state index in [2.05, 4.69) is 118 Å². The predicted octanol–water partition coefficient (Wildman–Crippen LogP) is 11.7. The second kappa shape index (κ2) is 12.4. The van der Waals surface area contributed by atoms with Crippen LogP contribution >= 0.6 is 0 Å². The molecule has 0 aliphatic carbocycles. The van der Waals surface area contributed by atoms with Crippen molar-refractivity contribution in [2.75, 3.05) is 0 Å². The summed E-state index contributed by atoms with van der Waals surface area (Å²) >= 11 is 0. The minimum Gasteiger partial charge on any atom is -0.309 e. The Morgan fingerprint density at radius 3 is 1.51 bits per heavy atom. The van der Waals surface area contributed by atoms with Gasteiger partial charge in [-0.1, -0.05) is 97.1 Å². The second-order valence-electron chi connectivity index (χ2n) is 14.4. The first-order chi connectivity index (χ1) is 28.1. The lowest BCUT2D eigenvalue weighted by Crippen LogP contribution is -2.19. The van der Waals surface area contributed by atoms with Crippen LogP contribution in [0.15, 0.2) is 181 Å². The lowest BCUT2D eigenvalue weighted by Gasteiger charge is -2.16. The van der Waals surface area contributed by atoms with Gasteiger partial charge in [0.1, 0.15) is 0 Å². The number of para-hydroxylation sites is 3. The highest BCUT2D eigenvalue weighted by atomic mass is 16.1. The summed E-state index contributed by atoms with van der Waals surface area (Å²) in [4.78, 5) is 15.2. The number of hydrogen-bond acceptors (Lipinski definition) is 3. The Morgan fingerprint density at radius 1 is 0.333 bits per heavy atom. The van der Waals surface area contributed by atoms with Gasteiger partial charge < -0.3 is 9.13 Å². The number of rotatable bonds is 4. The molecule has 0 N–H and O–H groups in total. The van der Waals surface area contributed by atoms with E-state index in [0.717, 1.165) is 82.4 Å². The molecule has 11 rings (SSSR count). The normalized spacial score (nSPS) is 11.5. The van der Waals surface area contributed by atoms with Crippen LogP contribution in [0, 0.1) is 22.7 Å². The highest BCUT2D eigenvalue weighted by molar-refractivity contribution is 6.21. The van der Waals surface area contributed by atoms with Crippen molar-refractivity contribution in [3.05, 3.63) is 197 Å². The summed E-state index contributed by atoms with van der Waals surface area (Å²) in [5, 5.41) is 26.3. The summed E-state index contributed by atoms with van der Waals surface area (Å²) in [6.45, 7) is 0. The summed E-state index contributed by atoms with van der Waals surface area (Å²) < 4.78 is 6.20. The molecule has 0 atom stereocenters. The molecule has 6 heteroatoms. The third-order valence-electron chi connectivity index (χ3n) is 11.2. The Labute approximate surface area is 326 Å². The molecule has 3 heterocycles. The molecule has 0 aliphatic heterocycles. The monoisotopic (exact) mass is 727 g/mol. The van der Waals surface area contributed by atoms with Crippen LogP contribution in [-0.4, -0.2) is 13.7 Å². The minimum atomic E-state index is -0.140. The van der Waals surface area contributed by atoms with E-state index in [1.165, 1.54) is 0 Å². The van der Waals surface area contributed by atoms with Gasteiger partial charge in [0.2, 0.25) is 0 Å². The van der Waals surface area contributed by atoms with Crippen LogP contribution in [0.25, 0.3) is 93.5 Å². The van der Waals surface area contributed by atoms with Gasteiger partial charge in [-0.2, -0.15) is 10.5 Å². The first kappa shape index (κ1) is 32.3. The van der Waals surface area contributed by atoms with Gasteiger partial charge in [0.25, 0.3) is 5.56 Å². The average Bonchev–Trinajstić information content (AvgIpc) is 3.77. The van der Waals surface area contributed by atoms with Crippen molar-refractivity contribution in [1.29, 1.82) is 10.5 Å². The van der Waals surface area contributed by atoms with E-state index in [9.17, 15) is 10.5 Å². The van der Waals surface area contributed by atoms with Gasteiger partial charge in [-0.25, -0.2) is 0 Å². The molecule has 57 heavy (non-hydrogen) atoms. The van der Waals surface area contributed by atoms with Crippen LogP contribution in [0.1, 0.15) is 11.1 Å². The van der Waals surface area contributed by atoms with Crippen LogP contribution in [0.2, 0.25) is 0 Å². The molecule has 0 aliphatic rings. The van der Waals surface area contributed by atoms with Crippen molar-refractivity contribution in [3.63, 3.8) is 0 Å². The van der Waals surface area contributed by atoms with E-state index in [4.69, 9.17) is 0 Å². The zero-order chi connectivity index (χ0) is 38.2. The predicted molar refractivity (Wildman–Crippen MR) is 231 cm³/mol. The number of nitriles is 2. The summed E-state index contributed by atoms with van der Waals surface area (Å²) in [5.74, 6) is 0. The number of pyridine rings is 1. The Morgan fingerprint density at radius 2 is 0.842 bits per heavy atom. The maximum atomic E-state index is 15.2. The highest BCUT2D eigenvalue weighted by Crippen LogP contribution is 2.40. The Kier molecular flexibility index (Phi) is 7.03. The zero-order valence-electron chi connectivity index (χ0n) is 30.4. The third-order valence-corrected chi connectivity index (χ3v) is 11.2. The summed E-state index contributed by atoms with van der Waals surface area (Å²) in [6.07, 6.45) is 0. The van der Waals surface area contributed by atoms with Crippen LogP contribution < -0.4 is 5.56 Å². The second-order valence-corrected chi connectivity index (χ2v) is 14.4. The fourth-order valence-corrected chi connectivity index (χ4v) is 8.76. The van der Waals surface area contributed by atoms with Crippen LogP contribution in [0.3, 0.4) is 0 Å². The smallest absolute Gasteiger partial charge is 0.263 e. The Balaban J connectivity index is 1.28. The Hall–Kier alpha value is -8.19. The van der Waals surface area contributed by atoms with Gasteiger partial charge in [-0.15, -0.1) is 0 Å². The van der Waals surface area contributed by atoms with Gasteiger partial charge in [-0.05, 0) is 95.4 Å². The lowest BCUT2D eigenvalue weighted by molar-refractivity contribution is 1.06. The van der Waals surface area contributed by atoms with Gasteiger partial charge >= 0.3 is 0 Å². The maximum Gasteiger partial charge on any atom is 0.263 e. The van der Waals surface area contributed by atoms with Gasteiger partial charge in [0.05, 0.1) is 56.2 Å². The van der Waals surface area contributed by atoms with E-state index in [1.807, 2.05) is 65.2 Å². The lowest BCUT2D eigenvalue weighted by atomic mass is 10.0. The summed E-state index contributed by atoms with van der Waals surface area (Å²) in [5.41, 5.74) is 10.0. The molecule has 0 saturated heterocycles. The van der Waals surface area contributed by atoms with Crippen molar-refractivity contribution in [3.8, 4) is 40.3 Å². The van der Waals surface area contributed by atoms with Gasteiger partial charge in [0.15, 0.2) is 0 Å². The molecule has 6 nitrogen and oxygen atoms in total.